The van der Waals surface area contributed by atoms with E-state index in [1.807, 2.05) is 35.8 Å². The zero-order valence-corrected chi connectivity index (χ0v) is 32.2. The minimum Gasteiger partial charge on any atom is -0.356 e. The average Bonchev–Trinajstić information content (AvgIpc) is 3.61. The van der Waals surface area contributed by atoms with E-state index in [9.17, 15) is 24.0 Å². The van der Waals surface area contributed by atoms with Gasteiger partial charge >= 0.3 is 0 Å². The van der Waals surface area contributed by atoms with Gasteiger partial charge in [0, 0.05) is 64.9 Å². The quantitative estimate of drug-likeness (QED) is 0.0924. The summed E-state index contributed by atoms with van der Waals surface area (Å²) in [6.45, 7) is 6.62. The first-order chi connectivity index (χ1) is 26.0. The number of benzene rings is 2. The molecule has 2 aliphatic heterocycles. The van der Waals surface area contributed by atoms with Crippen molar-refractivity contribution in [2.24, 2.45) is 10.9 Å². The SMILES string of the molecule is Cc1sc2c(c1C)C(c1ccc(Cl)cc1)=N[C@@H](CC(=O)NCCCCCCC(=O)Nc1ccc(CC(=O)CC3CCC(=O)NC3=O)cc1)c1nnc(C)n1-2. The molecular weight excluding hydrogens is 726 g/mol. The predicted molar refractivity (Wildman–Crippen MR) is 208 cm³/mol. The maximum absolute atomic E-state index is 13.2. The van der Waals surface area contributed by atoms with Crippen molar-refractivity contribution in [3.05, 3.63) is 92.3 Å². The van der Waals surface area contributed by atoms with Crippen molar-refractivity contribution in [1.29, 1.82) is 0 Å². The Hall–Kier alpha value is -5.01. The van der Waals surface area contributed by atoms with Gasteiger partial charge in [0.1, 0.15) is 22.7 Å². The Bertz CT molecular complexity index is 2090. The van der Waals surface area contributed by atoms with E-state index in [-0.39, 0.29) is 55.1 Å². The Morgan fingerprint density at radius 1 is 0.926 bits per heavy atom. The zero-order chi connectivity index (χ0) is 38.4. The number of amides is 4. The second-order valence-electron chi connectivity index (χ2n) is 13.9. The number of carbonyl (C=O) groups excluding carboxylic acids is 5. The first kappa shape index (κ1) is 38.7. The summed E-state index contributed by atoms with van der Waals surface area (Å²) >= 11 is 7.88. The number of imide groups is 1. The summed E-state index contributed by atoms with van der Waals surface area (Å²) in [4.78, 5) is 67.9. The highest BCUT2D eigenvalue weighted by atomic mass is 35.5. The molecule has 4 amide bonds. The topological polar surface area (TPSA) is 165 Å². The van der Waals surface area contributed by atoms with Gasteiger partial charge in [0.2, 0.25) is 23.6 Å². The Morgan fingerprint density at radius 3 is 2.41 bits per heavy atom. The van der Waals surface area contributed by atoms with Crippen LogP contribution in [0, 0.1) is 26.7 Å². The van der Waals surface area contributed by atoms with Crippen LogP contribution in [0.15, 0.2) is 53.5 Å². The molecule has 12 nitrogen and oxygen atoms in total. The van der Waals surface area contributed by atoms with Crippen LogP contribution < -0.4 is 16.0 Å². The van der Waals surface area contributed by atoms with Crippen LogP contribution in [0.4, 0.5) is 5.69 Å². The molecule has 1 unspecified atom stereocenters. The van der Waals surface area contributed by atoms with Crippen molar-refractivity contribution in [2.75, 3.05) is 11.9 Å². The molecule has 14 heteroatoms. The number of halogens is 1. The molecule has 0 aliphatic carbocycles. The second-order valence-corrected chi connectivity index (χ2v) is 15.6. The molecule has 1 saturated heterocycles. The summed E-state index contributed by atoms with van der Waals surface area (Å²) in [5.41, 5.74) is 5.33. The number of piperidine rings is 1. The minimum atomic E-state index is -0.529. The molecule has 54 heavy (non-hydrogen) atoms. The molecule has 2 atom stereocenters. The third-order valence-electron chi connectivity index (χ3n) is 9.85. The Balaban J connectivity index is 0.929. The van der Waals surface area contributed by atoms with Crippen molar-refractivity contribution in [3.8, 4) is 5.00 Å². The fourth-order valence-corrected chi connectivity index (χ4v) is 8.15. The molecule has 6 rings (SSSR count). The minimum absolute atomic E-state index is 0.0680. The summed E-state index contributed by atoms with van der Waals surface area (Å²) in [7, 11) is 0. The van der Waals surface area contributed by atoms with Crippen LogP contribution in [0.5, 0.6) is 0 Å². The highest BCUT2D eigenvalue weighted by Crippen LogP contribution is 2.39. The fourth-order valence-electron chi connectivity index (χ4n) is 6.81. The normalized spacial score (nSPS) is 16.5. The number of fused-ring (bicyclic) bond motifs is 3. The number of carbonyl (C=O) groups is 5. The van der Waals surface area contributed by atoms with E-state index in [4.69, 9.17) is 16.6 Å². The third-order valence-corrected chi connectivity index (χ3v) is 11.3. The molecular formula is C40H44ClN7O5S. The number of unbranched alkanes of at least 4 members (excludes halogenated alkanes) is 3. The summed E-state index contributed by atoms with van der Waals surface area (Å²) < 4.78 is 2.03. The van der Waals surface area contributed by atoms with Crippen molar-refractivity contribution in [2.45, 2.75) is 91.0 Å². The van der Waals surface area contributed by atoms with E-state index in [0.29, 0.717) is 35.9 Å². The molecule has 3 N–H and O–H groups in total. The van der Waals surface area contributed by atoms with Crippen LogP contribution in [0.1, 0.15) is 103 Å². The van der Waals surface area contributed by atoms with Crippen LogP contribution in [0.2, 0.25) is 5.02 Å². The Kier molecular flexibility index (Phi) is 12.5. The maximum Gasteiger partial charge on any atom is 0.230 e. The van der Waals surface area contributed by atoms with Gasteiger partial charge in [-0.2, -0.15) is 0 Å². The summed E-state index contributed by atoms with van der Waals surface area (Å²) in [5.74, 6) is -0.0307. The lowest BCUT2D eigenvalue weighted by Gasteiger charge is -2.19. The zero-order valence-electron chi connectivity index (χ0n) is 30.7. The summed E-state index contributed by atoms with van der Waals surface area (Å²) in [6.07, 6.45) is 4.65. The van der Waals surface area contributed by atoms with Crippen molar-refractivity contribution in [1.82, 2.24) is 25.4 Å². The first-order valence-electron chi connectivity index (χ1n) is 18.3. The number of aliphatic imine (C=N–C) groups is 1. The summed E-state index contributed by atoms with van der Waals surface area (Å²) in [6, 6.07) is 14.2. The highest BCUT2D eigenvalue weighted by Gasteiger charge is 2.32. The number of rotatable bonds is 15. The average molecular weight is 770 g/mol. The molecule has 2 aromatic heterocycles. The van der Waals surface area contributed by atoms with Crippen LogP contribution >= 0.6 is 22.9 Å². The van der Waals surface area contributed by atoms with Gasteiger partial charge in [-0.1, -0.05) is 48.7 Å². The summed E-state index contributed by atoms with van der Waals surface area (Å²) in [5, 5.41) is 18.7. The molecule has 4 heterocycles. The van der Waals surface area contributed by atoms with Gasteiger partial charge in [0.25, 0.3) is 0 Å². The largest absolute Gasteiger partial charge is 0.356 e. The lowest BCUT2D eigenvalue weighted by atomic mass is 9.91. The fraction of sp³-hybridized carbons (Fsp3) is 0.400. The van der Waals surface area contributed by atoms with Crippen LogP contribution in [0.25, 0.3) is 5.00 Å². The van der Waals surface area contributed by atoms with E-state index in [2.05, 4.69) is 40.0 Å². The molecule has 4 aromatic rings. The molecule has 0 saturated carbocycles. The van der Waals surface area contributed by atoms with E-state index < -0.39 is 12.0 Å². The van der Waals surface area contributed by atoms with Gasteiger partial charge in [0.05, 0.1) is 12.1 Å². The lowest BCUT2D eigenvalue weighted by Crippen LogP contribution is -2.41. The molecule has 0 radical (unpaired) electrons. The number of nitrogens with zero attached hydrogens (tertiary/aromatic N) is 4. The van der Waals surface area contributed by atoms with Crippen molar-refractivity contribution in [3.63, 3.8) is 0 Å². The monoisotopic (exact) mass is 769 g/mol. The first-order valence-corrected chi connectivity index (χ1v) is 19.5. The van der Waals surface area contributed by atoms with Gasteiger partial charge in [-0.25, -0.2) is 0 Å². The van der Waals surface area contributed by atoms with Gasteiger partial charge in [-0.3, -0.25) is 38.8 Å². The van der Waals surface area contributed by atoms with Crippen LogP contribution in [0.3, 0.4) is 0 Å². The Labute approximate surface area is 323 Å². The Morgan fingerprint density at radius 2 is 1.67 bits per heavy atom. The van der Waals surface area contributed by atoms with Gasteiger partial charge in [-0.05, 0) is 75.4 Å². The molecule has 2 aliphatic rings. The third kappa shape index (κ3) is 9.37. The molecule has 2 aromatic carbocycles. The van der Waals surface area contributed by atoms with E-state index in [1.165, 1.54) is 4.88 Å². The van der Waals surface area contributed by atoms with Crippen molar-refractivity contribution < 1.29 is 24.0 Å². The number of hydrogen-bond acceptors (Lipinski definition) is 9. The smallest absolute Gasteiger partial charge is 0.230 e. The second kappa shape index (κ2) is 17.4. The number of ketones is 1. The van der Waals surface area contributed by atoms with E-state index in [0.717, 1.165) is 64.5 Å². The van der Waals surface area contributed by atoms with Crippen molar-refractivity contribution >= 4 is 63.7 Å². The molecule has 0 bridgehead atoms. The molecule has 1 fully saturated rings. The maximum atomic E-state index is 13.2. The number of thiophene rings is 1. The lowest BCUT2D eigenvalue weighted by molar-refractivity contribution is -0.138. The molecule has 282 valence electrons. The standard InChI is InChI=1S/C40H44ClN7O5S/c1-23-24(2)54-40-36(23)37(27-11-14-29(41)15-12-27)44-32(38-47-46-25(3)48(38)40)22-35(52)42-19-7-5-4-6-8-33(50)43-30-16-9-26(10-17-30)20-31(49)21-28-13-18-34(51)45-39(28)53/h9-12,14-17,28,32H,4-8,13,18-22H2,1-3H3,(H,42,52)(H,43,50)(H,45,51,53)/t28?,32-/m0/s1. The van der Waals surface area contributed by atoms with Gasteiger partial charge in [0.15, 0.2) is 5.82 Å². The number of anilines is 1. The number of aryl methyl sites for hydroxylation is 2. The number of nitrogens with one attached hydrogen (secondary N) is 3. The van der Waals surface area contributed by atoms with Gasteiger partial charge < -0.3 is 10.6 Å². The highest BCUT2D eigenvalue weighted by molar-refractivity contribution is 7.15. The number of Topliss-reactive ketones (excluding diaryl/α,β-unsaturated/α-hetero) is 1. The number of hydrogen-bond donors (Lipinski definition) is 3. The van der Waals surface area contributed by atoms with Gasteiger partial charge in [-0.15, -0.1) is 21.5 Å². The molecule has 0 spiro atoms. The van der Waals surface area contributed by atoms with E-state index in [1.54, 1.807) is 35.6 Å². The van der Waals surface area contributed by atoms with Crippen LogP contribution in [-0.2, 0) is 30.4 Å². The number of aromatic nitrogens is 3. The van der Waals surface area contributed by atoms with Crippen LogP contribution in [-0.4, -0.2) is 56.4 Å². The van der Waals surface area contributed by atoms with E-state index >= 15 is 0 Å². The predicted octanol–water partition coefficient (Wildman–Crippen LogP) is 6.45.